The lowest BCUT2D eigenvalue weighted by molar-refractivity contribution is -0.132. The fraction of sp³-hybridized carbons (Fsp3) is 0.375. The number of rotatable bonds is 8. The van der Waals surface area contributed by atoms with Gasteiger partial charge in [0.05, 0.1) is 20.3 Å². The van der Waals surface area contributed by atoms with Gasteiger partial charge in [-0.3, -0.25) is 4.79 Å². The molecule has 0 radical (unpaired) electrons. The Balaban J connectivity index is 1.96. The smallest absolute Gasteiger partial charge is 0.223 e. The zero-order valence-corrected chi connectivity index (χ0v) is 12.7. The first-order valence-corrected chi connectivity index (χ1v) is 7.23. The molecule has 118 valence electrons. The van der Waals surface area contributed by atoms with Crippen molar-refractivity contribution < 1.29 is 14.6 Å². The van der Waals surface area contributed by atoms with Crippen LogP contribution in [0.25, 0.3) is 0 Å². The molecule has 1 aromatic carbocycles. The number of amides is 1. The Morgan fingerprint density at radius 1 is 1.41 bits per heavy atom. The van der Waals surface area contributed by atoms with Crippen LogP contribution in [-0.2, 0) is 17.8 Å². The predicted molar refractivity (Wildman–Crippen MR) is 82.4 cm³/mol. The molecule has 1 amide bonds. The van der Waals surface area contributed by atoms with E-state index < -0.39 is 0 Å². The fourth-order valence-corrected chi connectivity index (χ4v) is 2.29. The van der Waals surface area contributed by atoms with E-state index in [-0.39, 0.29) is 12.5 Å². The number of benzene rings is 1. The Labute approximate surface area is 129 Å². The highest BCUT2D eigenvalue weighted by molar-refractivity contribution is 5.76. The van der Waals surface area contributed by atoms with Gasteiger partial charge < -0.3 is 19.7 Å². The second-order valence-electron chi connectivity index (χ2n) is 4.89. The summed E-state index contributed by atoms with van der Waals surface area (Å²) < 4.78 is 5.29. The third-order valence-corrected chi connectivity index (χ3v) is 3.42. The molecular weight excluding hydrogens is 282 g/mol. The molecular formula is C16H21N3O3. The van der Waals surface area contributed by atoms with Crippen molar-refractivity contribution in [1.29, 1.82) is 0 Å². The molecule has 0 bridgehead atoms. The number of ether oxygens (including phenoxy) is 1. The molecule has 0 atom stereocenters. The van der Waals surface area contributed by atoms with E-state index in [2.05, 4.69) is 9.97 Å². The number of aliphatic hydroxyl groups is 1. The van der Waals surface area contributed by atoms with Crippen LogP contribution in [0.15, 0.2) is 36.7 Å². The van der Waals surface area contributed by atoms with Crippen LogP contribution in [0.2, 0.25) is 0 Å². The minimum absolute atomic E-state index is 0.0173. The Kier molecular flexibility index (Phi) is 5.97. The van der Waals surface area contributed by atoms with Crippen molar-refractivity contribution >= 4 is 5.91 Å². The minimum atomic E-state index is -0.0683. The van der Waals surface area contributed by atoms with E-state index in [1.54, 1.807) is 24.4 Å². The number of aliphatic hydroxyl groups excluding tert-OH is 1. The third-order valence-electron chi connectivity index (χ3n) is 3.42. The van der Waals surface area contributed by atoms with Crippen molar-refractivity contribution in [3.05, 3.63) is 48.0 Å². The summed E-state index contributed by atoms with van der Waals surface area (Å²) in [4.78, 5) is 21.1. The maximum Gasteiger partial charge on any atom is 0.223 e. The first-order valence-electron chi connectivity index (χ1n) is 7.23. The van der Waals surface area contributed by atoms with Crippen molar-refractivity contribution in [2.75, 3.05) is 20.3 Å². The molecule has 22 heavy (non-hydrogen) atoms. The third kappa shape index (κ3) is 4.33. The Morgan fingerprint density at radius 3 is 2.91 bits per heavy atom. The maximum atomic E-state index is 12.4. The molecule has 2 rings (SSSR count). The van der Waals surface area contributed by atoms with Crippen molar-refractivity contribution in [1.82, 2.24) is 14.9 Å². The summed E-state index contributed by atoms with van der Waals surface area (Å²) in [5, 5.41) is 9.14. The van der Waals surface area contributed by atoms with E-state index in [9.17, 15) is 4.79 Å². The molecule has 0 fully saturated rings. The van der Waals surface area contributed by atoms with E-state index >= 15 is 0 Å². The van der Waals surface area contributed by atoms with Gasteiger partial charge >= 0.3 is 0 Å². The number of aromatic nitrogens is 2. The SMILES string of the molecule is COc1ccccc1CCC(=O)N(CCO)Cc1ncc[nH]1. The molecule has 2 aromatic rings. The van der Waals surface area contributed by atoms with Crippen LogP contribution in [0.3, 0.4) is 0 Å². The number of carbonyl (C=O) groups is 1. The highest BCUT2D eigenvalue weighted by atomic mass is 16.5. The molecule has 0 saturated carbocycles. The van der Waals surface area contributed by atoms with Gasteiger partial charge in [-0.2, -0.15) is 0 Å². The Morgan fingerprint density at radius 2 is 2.23 bits per heavy atom. The first kappa shape index (κ1) is 16.0. The number of nitrogens with one attached hydrogen (secondary N) is 1. The number of aromatic amines is 1. The number of carbonyl (C=O) groups excluding carboxylic acids is 1. The van der Waals surface area contributed by atoms with Crippen molar-refractivity contribution in [2.24, 2.45) is 0 Å². The quantitative estimate of drug-likeness (QED) is 0.772. The number of methoxy groups -OCH3 is 1. The normalized spacial score (nSPS) is 10.5. The second kappa shape index (κ2) is 8.19. The number of para-hydroxylation sites is 1. The van der Waals surface area contributed by atoms with Crippen LogP contribution in [-0.4, -0.2) is 46.1 Å². The van der Waals surface area contributed by atoms with Crippen LogP contribution >= 0.6 is 0 Å². The Bertz CT molecular complexity index is 584. The van der Waals surface area contributed by atoms with Gasteiger partial charge in [0.15, 0.2) is 0 Å². The number of hydrogen-bond donors (Lipinski definition) is 2. The summed E-state index contributed by atoms with van der Waals surface area (Å²) in [5.41, 5.74) is 1.00. The number of H-pyrrole nitrogens is 1. The van der Waals surface area contributed by atoms with Crippen LogP contribution in [0.5, 0.6) is 5.75 Å². The topological polar surface area (TPSA) is 78.4 Å². The van der Waals surface area contributed by atoms with Gasteiger partial charge in [-0.1, -0.05) is 18.2 Å². The molecule has 1 heterocycles. The van der Waals surface area contributed by atoms with E-state index in [1.165, 1.54) is 0 Å². The monoisotopic (exact) mass is 303 g/mol. The zero-order valence-electron chi connectivity index (χ0n) is 12.7. The van der Waals surface area contributed by atoms with Crippen molar-refractivity contribution in [2.45, 2.75) is 19.4 Å². The average Bonchev–Trinajstić information content (AvgIpc) is 3.05. The summed E-state index contributed by atoms with van der Waals surface area (Å²) in [5.74, 6) is 1.48. The van der Waals surface area contributed by atoms with Gasteiger partial charge in [0.25, 0.3) is 0 Å². The minimum Gasteiger partial charge on any atom is -0.496 e. The van der Waals surface area contributed by atoms with Gasteiger partial charge in [-0.15, -0.1) is 0 Å². The maximum absolute atomic E-state index is 12.4. The van der Waals surface area contributed by atoms with Gasteiger partial charge in [-0.25, -0.2) is 4.98 Å². The summed E-state index contributed by atoms with van der Waals surface area (Å²) in [6, 6.07) is 7.67. The molecule has 0 saturated heterocycles. The number of imidazole rings is 1. The fourth-order valence-electron chi connectivity index (χ4n) is 2.29. The predicted octanol–water partition coefficient (Wildman–Crippen LogP) is 1.37. The molecule has 1 aromatic heterocycles. The lowest BCUT2D eigenvalue weighted by atomic mass is 10.1. The summed E-state index contributed by atoms with van der Waals surface area (Å²) in [7, 11) is 1.62. The Hall–Kier alpha value is -2.34. The molecule has 6 nitrogen and oxygen atoms in total. The standard InChI is InChI=1S/C16H21N3O3/c1-22-14-5-3-2-4-13(14)6-7-16(21)19(10-11-20)12-15-17-8-9-18-15/h2-5,8-9,20H,6-7,10-12H2,1H3,(H,17,18). The molecule has 0 aliphatic carbocycles. The van der Waals surface area contributed by atoms with Crippen LogP contribution in [0.4, 0.5) is 0 Å². The summed E-state index contributed by atoms with van der Waals surface area (Å²) in [6.07, 6.45) is 4.32. The van der Waals surface area contributed by atoms with E-state index in [1.807, 2.05) is 24.3 Å². The van der Waals surface area contributed by atoms with Crippen molar-refractivity contribution in [3.8, 4) is 5.75 Å². The summed E-state index contributed by atoms with van der Waals surface area (Å²) in [6.45, 7) is 0.602. The molecule has 0 spiro atoms. The van der Waals surface area contributed by atoms with Gasteiger partial charge in [-0.05, 0) is 18.1 Å². The number of hydrogen-bond acceptors (Lipinski definition) is 4. The molecule has 0 aliphatic rings. The van der Waals surface area contributed by atoms with Crippen LogP contribution in [0, 0.1) is 0 Å². The van der Waals surface area contributed by atoms with Gasteiger partial charge in [0.1, 0.15) is 11.6 Å². The molecule has 2 N–H and O–H groups in total. The largest absolute Gasteiger partial charge is 0.496 e. The van der Waals surface area contributed by atoms with E-state index in [0.717, 1.165) is 11.3 Å². The lowest BCUT2D eigenvalue weighted by Crippen LogP contribution is -2.33. The molecule has 0 unspecified atom stereocenters. The number of aryl methyl sites for hydroxylation is 1. The zero-order chi connectivity index (χ0) is 15.8. The molecule has 6 heteroatoms. The summed E-state index contributed by atoms with van der Waals surface area (Å²) >= 11 is 0. The number of nitrogens with zero attached hydrogens (tertiary/aromatic N) is 2. The first-order chi connectivity index (χ1) is 10.7. The second-order valence-corrected chi connectivity index (χ2v) is 4.89. The van der Waals surface area contributed by atoms with Crippen molar-refractivity contribution in [3.63, 3.8) is 0 Å². The van der Waals surface area contributed by atoms with Gasteiger partial charge in [0, 0.05) is 25.4 Å². The average molecular weight is 303 g/mol. The van der Waals surface area contributed by atoms with Crippen LogP contribution < -0.4 is 4.74 Å². The lowest BCUT2D eigenvalue weighted by Gasteiger charge is -2.21. The van der Waals surface area contributed by atoms with Crippen LogP contribution in [0.1, 0.15) is 17.8 Å². The highest BCUT2D eigenvalue weighted by Gasteiger charge is 2.15. The van der Waals surface area contributed by atoms with E-state index in [0.29, 0.717) is 31.8 Å². The van der Waals surface area contributed by atoms with E-state index in [4.69, 9.17) is 9.84 Å². The molecule has 0 aliphatic heterocycles. The highest BCUT2D eigenvalue weighted by Crippen LogP contribution is 2.19. The van der Waals surface area contributed by atoms with Gasteiger partial charge in [0.2, 0.25) is 5.91 Å².